The predicted octanol–water partition coefficient (Wildman–Crippen LogP) is 5.99. The molecule has 2 heterocycles. The first-order valence-corrected chi connectivity index (χ1v) is 13.4. The molecule has 0 atom stereocenters. The van der Waals surface area contributed by atoms with E-state index in [9.17, 15) is 0 Å². The molecule has 0 radical (unpaired) electrons. The number of nitrogens with zero attached hydrogens (tertiary/aromatic N) is 3. The molecular weight excluding hydrogens is 430 g/mol. The summed E-state index contributed by atoms with van der Waals surface area (Å²) in [4.78, 5) is 7.81. The van der Waals surface area contributed by atoms with Crippen molar-refractivity contribution >= 4 is 29.4 Å². The van der Waals surface area contributed by atoms with Crippen LogP contribution in [0.3, 0.4) is 0 Å². The average molecular weight is 474 g/mol. The summed E-state index contributed by atoms with van der Waals surface area (Å²) in [6.07, 6.45) is 15.1. The molecule has 4 nitrogen and oxygen atoms in total. The maximum Gasteiger partial charge on any atom is 0.0642 e. The third-order valence-corrected chi connectivity index (χ3v) is 8.58. The molecule has 184 valence electrons. The van der Waals surface area contributed by atoms with E-state index in [1.165, 1.54) is 94.4 Å². The molecule has 3 fully saturated rings. The van der Waals surface area contributed by atoms with Gasteiger partial charge in [0.05, 0.1) is 13.2 Å². The van der Waals surface area contributed by atoms with Crippen LogP contribution in [-0.4, -0.2) is 63.9 Å². The molecular formula is C28H44ClN3O. The van der Waals surface area contributed by atoms with Crippen LogP contribution in [0.4, 0.5) is 11.4 Å². The van der Waals surface area contributed by atoms with Crippen LogP contribution in [0.5, 0.6) is 0 Å². The second-order valence-corrected chi connectivity index (χ2v) is 10.6. The Bertz CT molecular complexity index is 790. The van der Waals surface area contributed by atoms with Crippen molar-refractivity contribution in [3.63, 3.8) is 0 Å². The number of morpholine rings is 1. The normalized spacial score (nSPS) is 23.8. The molecule has 2 aliphatic heterocycles. The van der Waals surface area contributed by atoms with Crippen molar-refractivity contribution in [2.24, 2.45) is 5.41 Å². The molecule has 4 aliphatic rings. The van der Waals surface area contributed by atoms with E-state index in [-0.39, 0.29) is 12.4 Å². The summed E-state index contributed by atoms with van der Waals surface area (Å²) in [7, 11) is 0. The molecule has 0 amide bonds. The molecule has 2 saturated heterocycles. The quantitative estimate of drug-likeness (QED) is 0.522. The number of halogens is 1. The highest BCUT2D eigenvalue weighted by atomic mass is 35.5. The van der Waals surface area contributed by atoms with Crippen molar-refractivity contribution in [3.8, 4) is 0 Å². The van der Waals surface area contributed by atoms with E-state index in [2.05, 4.69) is 45.9 Å². The van der Waals surface area contributed by atoms with Gasteiger partial charge in [0, 0.05) is 56.2 Å². The largest absolute Gasteiger partial charge is 0.378 e. The first-order chi connectivity index (χ1) is 15.8. The summed E-state index contributed by atoms with van der Waals surface area (Å²) in [6.45, 7) is 12.0. The Morgan fingerprint density at radius 2 is 1.64 bits per heavy atom. The molecule has 1 aromatic rings. The molecule has 1 spiro atoms. The maximum atomic E-state index is 5.61. The Balaban J connectivity index is 0.00000259. The minimum atomic E-state index is 0. The lowest BCUT2D eigenvalue weighted by Gasteiger charge is -2.41. The zero-order valence-corrected chi connectivity index (χ0v) is 21.5. The zero-order chi connectivity index (χ0) is 21.8. The molecule has 1 aromatic carbocycles. The van der Waals surface area contributed by atoms with E-state index >= 15 is 0 Å². The summed E-state index contributed by atoms with van der Waals surface area (Å²) in [5.41, 5.74) is 6.61. The minimum absolute atomic E-state index is 0. The average Bonchev–Trinajstić information content (AvgIpc) is 2.86. The van der Waals surface area contributed by atoms with Crippen molar-refractivity contribution < 1.29 is 4.74 Å². The Morgan fingerprint density at radius 3 is 2.30 bits per heavy atom. The van der Waals surface area contributed by atoms with E-state index in [1.807, 2.05) is 0 Å². The van der Waals surface area contributed by atoms with Crippen molar-refractivity contribution in [2.45, 2.75) is 64.7 Å². The second kappa shape index (κ2) is 11.5. The topological polar surface area (TPSA) is 19.0 Å². The van der Waals surface area contributed by atoms with Crippen molar-refractivity contribution in [3.05, 3.63) is 29.8 Å². The van der Waals surface area contributed by atoms with Crippen LogP contribution in [0.15, 0.2) is 24.3 Å². The smallest absolute Gasteiger partial charge is 0.0642 e. The fraction of sp³-hybridized carbons (Fsp3) is 0.714. The van der Waals surface area contributed by atoms with Crippen LogP contribution < -0.4 is 9.80 Å². The highest BCUT2D eigenvalue weighted by Crippen LogP contribution is 2.49. The van der Waals surface area contributed by atoms with Gasteiger partial charge in [0.15, 0.2) is 0 Å². The van der Waals surface area contributed by atoms with Gasteiger partial charge in [-0.15, -0.1) is 12.4 Å². The fourth-order valence-electron chi connectivity index (χ4n) is 6.55. The molecule has 33 heavy (non-hydrogen) atoms. The van der Waals surface area contributed by atoms with E-state index < -0.39 is 0 Å². The lowest BCUT2D eigenvalue weighted by molar-refractivity contribution is 0.122. The van der Waals surface area contributed by atoms with Crippen molar-refractivity contribution in [1.82, 2.24) is 4.90 Å². The number of hydrogen-bond acceptors (Lipinski definition) is 4. The molecule has 5 heteroatoms. The van der Waals surface area contributed by atoms with Crippen LogP contribution in [-0.2, 0) is 4.74 Å². The predicted molar refractivity (Wildman–Crippen MR) is 143 cm³/mol. The molecule has 1 saturated carbocycles. The number of anilines is 2. The van der Waals surface area contributed by atoms with Gasteiger partial charge in [-0.05, 0) is 74.3 Å². The van der Waals surface area contributed by atoms with E-state index in [4.69, 9.17) is 4.74 Å². The van der Waals surface area contributed by atoms with Gasteiger partial charge in [-0.3, -0.25) is 4.90 Å². The van der Waals surface area contributed by atoms with E-state index in [0.717, 1.165) is 39.4 Å². The summed E-state index contributed by atoms with van der Waals surface area (Å²) in [5, 5.41) is 0. The van der Waals surface area contributed by atoms with Crippen LogP contribution >= 0.6 is 12.4 Å². The molecule has 5 rings (SSSR count). The standard InChI is InChI=1S/C28H43N3O.ClH/c1-2-14-29-15-17-31(18-16-29)27-7-6-25(30-19-21-32-22-20-30)23-26(27)24-8-12-28(13-9-24)10-4-3-5-11-28;/h6-8,23H,2-5,9-22H2,1H3;1H. The van der Waals surface area contributed by atoms with E-state index in [1.54, 1.807) is 5.57 Å². The highest BCUT2D eigenvalue weighted by Gasteiger charge is 2.34. The van der Waals surface area contributed by atoms with Crippen LogP contribution in [0.1, 0.15) is 70.3 Å². The summed E-state index contributed by atoms with van der Waals surface area (Å²) in [5.74, 6) is 0. The fourth-order valence-corrected chi connectivity index (χ4v) is 6.55. The Labute approximate surface area is 207 Å². The number of allylic oxidation sites excluding steroid dienone is 2. The van der Waals surface area contributed by atoms with E-state index in [0.29, 0.717) is 5.41 Å². The second-order valence-electron chi connectivity index (χ2n) is 10.6. The van der Waals surface area contributed by atoms with Gasteiger partial charge in [-0.2, -0.15) is 0 Å². The van der Waals surface area contributed by atoms with Gasteiger partial charge in [-0.25, -0.2) is 0 Å². The van der Waals surface area contributed by atoms with Crippen LogP contribution in [0.25, 0.3) is 5.57 Å². The number of benzene rings is 1. The molecule has 0 N–H and O–H groups in total. The van der Waals surface area contributed by atoms with Crippen molar-refractivity contribution in [1.29, 1.82) is 0 Å². The minimum Gasteiger partial charge on any atom is -0.378 e. The lowest BCUT2D eigenvalue weighted by atomic mass is 9.65. The first-order valence-electron chi connectivity index (χ1n) is 13.4. The number of hydrogen-bond donors (Lipinski definition) is 0. The van der Waals surface area contributed by atoms with Gasteiger partial charge in [-0.1, -0.05) is 32.3 Å². The van der Waals surface area contributed by atoms with Crippen LogP contribution in [0.2, 0.25) is 0 Å². The van der Waals surface area contributed by atoms with Gasteiger partial charge in [0.1, 0.15) is 0 Å². The monoisotopic (exact) mass is 473 g/mol. The zero-order valence-electron chi connectivity index (χ0n) is 20.7. The Morgan fingerprint density at radius 1 is 0.879 bits per heavy atom. The van der Waals surface area contributed by atoms with Gasteiger partial charge in [0.25, 0.3) is 0 Å². The third kappa shape index (κ3) is 5.71. The summed E-state index contributed by atoms with van der Waals surface area (Å²) in [6, 6.07) is 7.32. The third-order valence-electron chi connectivity index (χ3n) is 8.58. The summed E-state index contributed by atoms with van der Waals surface area (Å²) < 4.78 is 5.61. The Kier molecular flexibility index (Phi) is 8.64. The van der Waals surface area contributed by atoms with Crippen LogP contribution in [0, 0.1) is 5.41 Å². The van der Waals surface area contributed by atoms with Gasteiger partial charge < -0.3 is 14.5 Å². The first kappa shape index (κ1) is 24.9. The SMILES string of the molecule is CCCN1CCN(c2ccc(N3CCOCC3)cc2C2=CCC3(CCCCC3)CC2)CC1.Cl. The number of ether oxygens (including phenoxy) is 1. The van der Waals surface area contributed by atoms with Gasteiger partial charge in [0.2, 0.25) is 0 Å². The molecule has 0 bridgehead atoms. The number of piperazine rings is 1. The molecule has 2 aliphatic carbocycles. The van der Waals surface area contributed by atoms with Crippen molar-refractivity contribution in [2.75, 3.05) is 68.8 Å². The summed E-state index contributed by atoms with van der Waals surface area (Å²) >= 11 is 0. The highest BCUT2D eigenvalue weighted by molar-refractivity contribution is 5.85. The lowest BCUT2D eigenvalue weighted by Crippen LogP contribution is -2.46. The molecule has 0 unspecified atom stereocenters. The number of rotatable bonds is 5. The Hall–Kier alpha value is -1.23. The maximum absolute atomic E-state index is 5.61. The van der Waals surface area contributed by atoms with Gasteiger partial charge >= 0.3 is 0 Å². The molecule has 0 aromatic heterocycles.